The molecule has 0 spiro atoms. The lowest BCUT2D eigenvalue weighted by Crippen LogP contribution is -2.18. The maximum Gasteiger partial charge on any atom is 0.341 e. The van der Waals surface area contributed by atoms with Crippen LogP contribution in [0.2, 0.25) is 0 Å². The van der Waals surface area contributed by atoms with Crippen molar-refractivity contribution >= 4 is 22.6 Å². The first kappa shape index (κ1) is 17.7. The molecule has 0 saturated carbocycles. The first-order valence-corrected chi connectivity index (χ1v) is 8.08. The van der Waals surface area contributed by atoms with Crippen molar-refractivity contribution in [2.75, 3.05) is 13.1 Å². The van der Waals surface area contributed by atoms with Gasteiger partial charge < -0.3 is 9.67 Å². The zero-order chi connectivity index (χ0) is 17.7. The molecule has 2 rings (SSSR count). The van der Waals surface area contributed by atoms with Crippen LogP contribution >= 0.6 is 0 Å². The second-order valence-electron chi connectivity index (χ2n) is 5.40. The van der Waals surface area contributed by atoms with Crippen LogP contribution in [0.4, 0.5) is 5.69 Å². The van der Waals surface area contributed by atoms with Crippen molar-refractivity contribution in [1.82, 2.24) is 9.58 Å². The topological polar surface area (TPSA) is 87.3 Å². The van der Waals surface area contributed by atoms with Crippen LogP contribution in [0.5, 0.6) is 0 Å². The van der Waals surface area contributed by atoms with Crippen molar-refractivity contribution in [2.24, 2.45) is 10.3 Å². The third-order valence-electron chi connectivity index (χ3n) is 3.78. The van der Waals surface area contributed by atoms with Crippen molar-refractivity contribution in [2.45, 2.75) is 33.7 Å². The molecule has 1 aromatic heterocycles. The van der Waals surface area contributed by atoms with Gasteiger partial charge in [0.15, 0.2) is 0 Å². The number of benzene rings is 1. The molecule has 1 aromatic carbocycles. The molecule has 0 fully saturated rings. The van der Waals surface area contributed by atoms with Crippen LogP contribution in [0.1, 0.15) is 37.6 Å². The summed E-state index contributed by atoms with van der Waals surface area (Å²) in [5, 5.41) is 19.8. The van der Waals surface area contributed by atoms with Gasteiger partial charge in [0.05, 0.1) is 11.2 Å². The minimum Gasteiger partial charge on any atom is -0.477 e. The van der Waals surface area contributed by atoms with E-state index in [2.05, 4.69) is 10.3 Å². The highest BCUT2D eigenvalue weighted by molar-refractivity contribution is 5.93. The Kier molecular flexibility index (Phi) is 5.68. The fraction of sp³-hybridized carbons (Fsp3) is 0.412. The summed E-state index contributed by atoms with van der Waals surface area (Å²) in [7, 11) is 0. The number of hydrogen-bond donors (Lipinski definition) is 1. The Bertz CT molecular complexity index is 822. The van der Waals surface area contributed by atoms with Crippen molar-refractivity contribution < 1.29 is 9.90 Å². The average molecular weight is 330 g/mol. The molecular formula is C17H22N4O3. The fourth-order valence-electron chi connectivity index (χ4n) is 2.48. The number of fused-ring (bicyclic) bond motifs is 1. The van der Waals surface area contributed by atoms with Crippen LogP contribution in [0.15, 0.2) is 39.5 Å². The number of nitrogens with zero attached hydrogens (tertiary/aromatic N) is 4. The Hall–Kier alpha value is -2.70. The van der Waals surface area contributed by atoms with Crippen LogP contribution in [0.3, 0.4) is 0 Å². The molecule has 0 aliphatic heterocycles. The van der Waals surface area contributed by atoms with Gasteiger partial charge in [0, 0.05) is 31.2 Å². The number of aromatic nitrogens is 1. The van der Waals surface area contributed by atoms with Crippen LogP contribution in [-0.4, -0.2) is 33.7 Å². The van der Waals surface area contributed by atoms with Gasteiger partial charge >= 0.3 is 5.97 Å². The molecule has 0 unspecified atom stereocenters. The van der Waals surface area contributed by atoms with Gasteiger partial charge in [-0.05, 0) is 38.5 Å². The number of aryl methyl sites for hydroxylation is 1. The second-order valence-corrected chi connectivity index (χ2v) is 5.40. The highest BCUT2D eigenvalue weighted by Crippen LogP contribution is 2.21. The van der Waals surface area contributed by atoms with E-state index in [4.69, 9.17) is 0 Å². The second kappa shape index (κ2) is 7.72. The highest BCUT2D eigenvalue weighted by Gasteiger charge is 2.14. The molecular weight excluding hydrogens is 308 g/mol. The lowest BCUT2D eigenvalue weighted by atomic mass is 10.1. The Morgan fingerprint density at radius 1 is 1.25 bits per heavy atom. The molecule has 0 radical (unpaired) electrons. The van der Waals surface area contributed by atoms with Gasteiger partial charge in [-0.1, -0.05) is 12.1 Å². The molecule has 0 aliphatic rings. The summed E-state index contributed by atoms with van der Waals surface area (Å²) in [5.74, 6) is -1.21. The summed E-state index contributed by atoms with van der Waals surface area (Å²) in [5.41, 5.74) is 0.607. The maximum atomic E-state index is 12.3. The SMILES string of the molecule is CCCn1cc(C(=O)O)c(=O)c2ccc(N=NN(CC)CC)cc21. The van der Waals surface area contributed by atoms with E-state index in [0.717, 1.165) is 19.5 Å². The zero-order valence-electron chi connectivity index (χ0n) is 14.2. The lowest BCUT2D eigenvalue weighted by molar-refractivity contribution is 0.0695. The normalized spacial score (nSPS) is 11.3. The molecule has 1 heterocycles. The molecule has 0 saturated heterocycles. The van der Waals surface area contributed by atoms with Gasteiger partial charge in [-0.25, -0.2) is 4.79 Å². The smallest absolute Gasteiger partial charge is 0.341 e. The van der Waals surface area contributed by atoms with Crippen LogP contribution in [-0.2, 0) is 6.54 Å². The predicted octanol–water partition coefficient (Wildman–Crippen LogP) is 3.45. The standard InChI is InChI=1S/C17H22N4O3/c1-4-9-20-11-14(17(23)24)16(22)13-8-7-12(10-15(13)20)18-19-21(5-2)6-3/h7-8,10-11H,4-6,9H2,1-3H3,(H,23,24). The summed E-state index contributed by atoms with van der Waals surface area (Å²) >= 11 is 0. The third-order valence-corrected chi connectivity index (χ3v) is 3.78. The van der Waals surface area contributed by atoms with E-state index in [1.807, 2.05) is 25.8 Å². The number of pyridine rings is 1. The van der Waals surface area contributed by atoms with E-state index >= 15 is 0 Å². The Balaban J connectivity index is 2.58. The van der Waals surface area contributed by atoms with Gasteiger partial charge in [-0.3, -0.25) is 9.80 Å². The molecule has 7 heteroatoms. The molecule has 128 valence electrons. The van der Waals surface area contributed by atoms with Crippen molar-refractivity contribution in [1.29, 1.82) is 0 Å². The van der Waals surface area contributed by atoms with Crippen LogP contribution in [0, 0.1) is 0 Å². The number of carboxylic acids is 1. The van der Waals surface area contributed by atoms with Gasteiger partial charge in [-0.15, -0.1) is 5.11 Å². The molecule has 1 N–H and O–H groups in total. The summed E-state index contributed by atoms with van der Waals surface area (Å²) in [6, 6.07) is 5.07. The Morgan fingerprint density at radius 2 is 1.96 bits per heavy atom. The zero-order valence-corrected chi connectivity index (χ0v) is 14.2. The van der Waals surface area contributed by atoms with Gasteiger partial charge in [-0.2, -0.15) is 0 Å². The number of rotatable bonds is 7. The number of carboxylic acid groups (broad SMARTS) is 1. The first-order chi connectivity index (χ1) is 11.5. The molecule has 0 bridgehead atoms. The van der Waals surface area contributed by atoms with Crippen molar-refractivity contribution in [3.63, 3.8) is 0 Å². The van der Waals surface area contributed by atoms with Crippen molar-refractivity contribution in [3.05, 3.63) is 40.2 Å². The molecule has 0 aliphatic carbocycles. The predicted molar refractivity (Wildman–Crippen MR) is 92.9 cm³/mol. The average Bonchev–Trinajstić information content (AvgIpc) is 2.58. The number of hydrogen-bond acceptors (Lipinski definition) is 4. The summed E-state index contributed by atoms with van der Waals surface area (Å²) in [6.45, 7) is 8.12. The molecule has 24 heavy (non-hydrogen) atoms. The molecule has 0 amide bonds. The summed E-state index contributed by atoms with van der Waals surface area (Å²) < 4.78 is 1.79. The van der Waals surface area contributed by atoms with Gasteiger partial charge in [0.1, 0.15) is 5.56 Å². The van der Waals surface area contributed by atoms with E-state index in [1.165, 1.54) is 6.20 Å². The number of carbonyl (C=O) groups is 1. The molecule has 7 nitrogen and oxygen atoms in total. The maximum absolute atomic E-state index is 12.3. The van der Waals surface area contributed by atoms with Crippen molar-refractivity contribution in [3.8, 4) is 0 Å². The van der Waals surface area contributed by atoms with E-state index in [9.17, 15) is 14.7 Å². The molecule has 2 aromatic rings. The first-order valence-electron chi connectivity index (χ1n) is 8.08. The number of aromatic carboxylic acids is 1. The highest BCUT2D eigenvalue weighted by atomic mass is 16.4. The minimum absolute atomic E-state index is 0.214. The largest absolute Gasteiger partial charge is 0.477 e. The monoisotopic (exact) mass is 330 g/mol. The minimum atomic E-state index is -1.21. The molecule has 0 atom stereocenters. The third kappa shape index (κ3) is 3.61. The lowest BCUT2D eigenvalue weighted by Gasteiger charge is -2.13. The van der Waals surface area contributed by atoms with Crippen LogP contribution in [0.25, 0.3) is 10.9 Å². The van der Waals surface area contributed by atoms with E-state index in [-0.39, 0.29) is 5.56 Å². The summed E-state index contributed by atoms with van der Waals surface area (Å²) in [4.78, 5) is 23.6. The van der Waals surface area contributed by atoms with E-state index < -0.39 is 11.4 Å². The van der Waals surface area contributed by atoms with Gasteiger partial charge in [0.2, 0.25) is 5.43 Å². The summed E-state index contributed by atoms with van der Waals surface area (Å²) in [6.07, 6.45) is 2.23. The Labute approximate surface area is 140 Å². The fourth-order valence-corrected chi connectivity index (χ4v) is 2.48. The Morgan fingerprint density at radius 3 is 2.54 bits per heavy atom. The van der Waals surface area contributed by atoms with Gasteiger partial charge in [0.25, 0.3) is 0 Å². The van der Waals surface area contributed by atoms with Crippen LogP contribution < -0.4 is 5.43 Å². The van der Waals surface area contributed by atoms with E-state index in [0.29, 0.717) is 23.1 Å². The quantitative estimate of drug-likeness (QED) is 0.622. The van der Waals surface area contributed by atoms with E-state index in [1.54, 1.807) is 22.8 Å².